The first kappa shape index (κ1) is 32.3. The number of hydrogen-bond donors (Lipinski definition) is 2. The van der Waals surface area contributed by atoms with Gasteiger partial charge in [-0.25, -0.2) is 12.8 Å². The third-order valence-corrected chi connectivity index (χ3v) is 9.66. The molecule has 0 saturated heterocycles. The highest BCUT2D eigenvalue weighted by Gasteiger charge is 2.27. The zero-order valence-corrected chi connectivity index (χ0v) is 25.9. The summed E-state index contributed by atoms with van der Waals surface area (Å²) in [6.45, 7) is -0.172. The number of benzene rings is 4. The molecule has 0 aliphatic heterocycles. The maximum Gasteiger partial charge on any atom is 0.303 e. The summed E-state index contributed by atoms with van der Waals surface area (Å²) in [6.07, 6.45) is 0. The van der Waals surface area contributed by atoms with Crippen LogP contribution >= 0.6 is 0 Å². The van der Waals surface area contributed by atoms with Gasteiger partial charge in [-0.3, -0.25) is 13.8 Å². The molecule has 0 saturated carbocycles. The van der Waals surface area contributed by atoms with E-state index in [-0.39, 0.29) is 28.4 Å². The number of ether oxygens (including phenoxy) is 2. The fourth-order valence-electron chi connectivity index (χ4n) is 4.09. The molecule has 232 valence electrons. The van der Waals surface area contributed by atoms with E-state index in [1.54, 1.807) is 30.3 Å². The van der Waals surface area contributed by atoms with E-state index in [0.717, 1.165) is 8.61 Å². The van der Waals surface area contributed by atoms with Gasteiger partial charge in [-0.15, -0.1) is 0 Å². The predicted octanol–water partition coefficient (Wildman–Crippen LogP) is 4.71. The van der Waals surface area contributed by atoms with Crippen molar-refractivity contribution in [3.8, 4) is 11.5 Å². The molecule has 0 bridgehead atoms. The fraction of sp³-hybridized carbons (Fsp3) is 0.167. The molecule has 0 unspecified atom stereocenters. The normalized spacial score (nSPS) is 11.6. The van der Waals surface area contributed by atoms with Crippen molar-refractivity contribution in [2.24, 2.45) is 0 Å². The second-order valence-corrected chi connectivity index (χ2v) is 13.3. The first-order valence-corrected chi connectivity index (χ1v) is 15.9. The average molecular weight is 643 g/mol. The van der Waals surface area contributed by atoms with Crippen LogP contribution < -0.4 is 23.8 Å². The highest BCUT2D eigenvalue weighted by atomic mass is 32.2. The van der Waals surface area contributed by atoms with E-state index in [9.17, 15) is 26.0 Å². The summed E-state index contributed by atoms with van der Waals surface area (Å²) in [4.78, 5) is 12.8. The number of methoxy groups -OCH3 is 2. The number of para-hydroxylation sites is 1. The van der Waals surface area contributed by atoms with Crippen molar-refractivity contribution in [1.82, 2.24) is 4.31 Å². The van der Waals surface area contributed by atoms with Gasteiger partial charge in [0.2, 0.25) is 0 Å². The summed E-state index contributed by atoms with van der Waals surface area (Å²) < 4.78 is 81.2. The molecule has 0 radical (unpaired) electrons. The van der Waals surface area contributed by atoms with E-state index in [2.05, 4.69) is 10.0 Å². The van der Waals surface area contributed by atoms with Crippen LogP contribution in [0.1, 0.15) is 15.9 Å². The smallest absolute Gasteiger partial charge is 0.303 e. The molecule has 0 atom stereocenters. The third kappa shape index (κ3) is 7.27. The summed E-state index contributed by atoms with van der Waals surface area (Å²) in [5.41, 5.74) is 1.23. The number of hydrogen-bond acceptors (Lipinski definition) is 7. The van der Waals surface area contributed by atoms with E-state index >= 15 is 0 Å². The minimum atomic E-state index is -4.03. The maximum atomic E-state index is 14.5. The number of halogens is 1. The van der Waals surface area contributed by atoms with Crippen LogP contribution in [0.2, 0.25) is 0 Å². The fourth-order valence-corrected chi connectivity index (χ4v) is 6.25. The summed E-state index contributed by atoms with van der Waals surface area (Å²) in [5.74, 6) is -0.416. The van der Waals surface area contributed by atoms with Crippen molar-refractivity contribution in [3.05, 3.63) is 108 Å². The monoisotopic (exact) mass is 642 g/mol. The maximum absolute atomic E-state index is 14.5. The summed E-state index contributed by atoms with van der Waals surface area (Å²) in [6, 6.07) is 22.0. The molecule has 11 nitrogen and oxygen atoms in total. The lowest BCUT2D eigenvalue weighted by atomic mass is 10.1. The highest BCUT2D eigenvalue weighted by Crippen LogP contribution is 2.31. The Bertz CT molecular complexity index is 1850. The molecule has 4 aromatic carbocycles. The zero-order chi connectivity index (χ0) is 32.1. The first-order valence-electron chi connectivity index (χ1n) is 13.1. The van der Waals surface area contributed by atoms with Gasteiger partial charge < -0.3 is 14.8 Å². The molecule has 0 heterocycles. The van der Waals surface area contributed by atoms with Crippen LogP contribution in [-0.2, 0) is 26.8 Å². The van der Waals surface area contributed by atoms with Crippen LogP contribution in [-0.4, -0.2) is 55.4 Å². The Morgan fingerprint density at radius 1 is 0.841 bits per heavy atom. The van der Waals surface area contributed by atoms with Crippen LogP contribution in [0.15, 0.2) is 95.9 Å². The Balaban J connectivity index is 1.46. The van der Waals surface area contributed by atoms with Gasteiger partial charge in [0.15, 0.2) is 0 Å². The van der Waals surface area contributed by atoms with Crippen LogP contribution in [0.3, 0.4) is 0 Å². The van der Waals surface area contributed by atoms with Gasteiger partial charge in [-0.2, -0.15) is 12.7 Å². The largest absolute Gasteiger partial charge is 0.497 e. The van der Waals surface area contributed by atoms with Gasteiger partial charge in [0, 0.05) is 31.4 Å². The molecule has 0 fully saturated rings. The molecule has 0 aromatic heterocycles. The zero-order valence-electron chi connectivity index (χ0n) is 24.3. The van der Waals surface area contributed by atoms with Crippen LogP contribution in [0.5, 0.6) is 11.5 Å². The second kappa shape index (κ2) is 13.3. The number of nitrogens with zero attached hydrogens (tertiary/aromatic N) is 2. The molecule has 1 amide bonds. The minimum absolute atomic E-state index is 0.0446. The molecule has 0 spiro atoms. The lowest BCUT2D eigenvalue weighted by Gasteiger charge is -2.27. The molecule has 4 aromatic rings. The standard InChI is InChI=1S/C30H31FN4O7S2/c1-34(2)44(39,40)35(28-8-6-5-7-26(28)31)20-21-9-11-22(12-10-21)30(36)32-23-13-16-25(17-14-23)43(37,38)33-27-19-24(41-3)15-18-29(27)42-4/h5-19,33H,20H2,1-4H3,(H,32,36). The topological polar surface area (TPSA) is 134 Å². The van der Waals surface area contributed by atoms with Crippen LogP contribution in [0.25, 0.3) is 0 Å². The Kier molecular flexibility index (Phi) is 9.77. The molecule has 14 heteroatoms. The van der Waals surface area contributed by atoms with Crippen molar-refractivity contribution in [2.45, 2.75) is 11.4 Å². The number of nitrogens with one attached hydrogen (secondary N) is 2. The molecule has 2 N–H and O–H groups in total. The highest BCUT2D eigenvalue weighted by molar-refractivity contribution is 7.92. The molecule has 44 heavy (non-hydrogen) atoms. The lowest BCUT2D eigenvalue weighted by Crippen LogP contribution is -2.40. The second-order valence-electron chi connectivity index (χ2n) is 9.60. The number of carbonyl (C=O) groups excluding carboxylic acids is 1. The summed E-state index contributed by atoms with van der Waals surface area (Å²) in [5, 5.41) is 2.70. The number of rotatable bonds is 12. The van der Waals surface area contributed by atoms with Crippen molar-refractivity contribution in [2.75, 3.05) is 42.7 Å². The minimum Gasteiger partial charge on any atom is -0.497 e. The molecule has 0 aliphatic carbocycles. The third-order valence-electron chi connectivity index (χ3n) is 6.48. The Hall–Kier alpha value is -4.66. The van der Waals surface area contributed by atoms with E-state index in [1.807, 2.05) is 0 Å². The van der Waals surface area contributed by atoms with E-state index < -0.39 is 32.0 Å². The first-order chi connectivity index (χ1) is 20.8. The Morgan fingerprint density at radius 3 is 2.09 bits per heavy atom. The van der Waals surface area contributed by atoms with Gasteiger partial charge in [-0.05, 0) is 66.2 Å². The number of anilines is 3. The number of carbonyl (C=O) groups is 1. The quantitative estimate of drug-likeness (QED) is 0.229. The Labute approximate surface area is 256 Å². The average Bonchev–Trinajstić information content (AvgIpc) is 3.00. The van der Waals surface area contributed by atoms with Gasteiger partial charge in [0.1, 0.15) is 17.3 Å². The van der Waals surface area contributed by atoms with Crippen LogP contribution in [0.4, 0.5) is 21.5 Å². The summed E-state index contributed by atoms with van der Waals surface area (Å²) in [7, 11) is -2.44. The molecule has 0 aliphatic rings. The lowest BCUT2D eigenvalue weighted by molar-refractivity contribution is 0.102. The molecular formula is C30H31FN4O7S2. The number of amides is 1. The SMILES string of the molecule is COc1ccc(OC)c(NS(=O)(=O)c2ccc(NC(=O)c3ccc(CN(c4ccccc4F)S(=O)(=O)N(C)C)cc3)cc2)c1. The van der Waals surface area contributed by atoms with Crippen molar-refractivity contribution < 1.29 is 35.5 Å². The van der Waals surface area contributed by atoms with Gasteiger partial charge in [0.05, 0.1) is 37.0 Å². The predicted molar refractivity (Wildman–Crippen MR) is 166 cm³/mol. The van der Waals surface area contributed by atoms with Gasteiger partial charge in [-0.1, -0.05) is 24.3 Å². The summed E-state index contributed by atoms with van der Waals surface area (Å²) >= 11 is 0. The van der Waals surface area contributed by atoms with Gasteiger partial charge >= 0.3 is 10.2 Å². The van der Waals surface area contributed by atoms with E-state index in [0.29, 0.717) is 22.7 Å². The molecular weight excluding hydrogens is 611 g/mol. The van der Waals surface area contributed by atoms with Crippen LogP contribution in [0, 0.1) is 5.82 Å². The van der Waals surface area contributed by atoms with E-state index in [1.165, 1.54) is 89.0 Å². The van der Waals surface area contributed by atoms with Crippen molar-refractivity contribution in [1.29, 1.82) is 0 Å². The Morgan fingerprint density at radius 2 is 1.50 bits per heavy atom. The van der Waals surface area contributed by atoms with Gasteiger partial charge in [0.25, 0.3) is 15.9 Å². The molecule has 4 rings (SSSR count). The van der Waals surface area contributed by atoms with E-state index in [4.69, 9.17) is 9.47 Å². The number of sulfonamides is 1. The van der Waals surface area contributed by atoms with Crippen molar-refractivity contribution >= 4 is 43.2 Å². The van der Waals surface area contributed by atoms with Crippen molar-refractivity contribution in [3.63, 3.8) is 0 Å².